The summed E-state index contributed by atoms with van der Waals surface area (Å²) in [6, 6.07) is 0. The summed E-state index contributed by atoms with van der Waals surface area (Å²) < 4.78 is 0. The second kappa shape index (κ2) is 6.36. The first-order chi connectivity index (χ1) is 8.27. The Bertz CT molecular complexity index is 252. The molecule has 1 heterocycles. The van der Waals surface area contributed by atoms with Crippen LogP contribution in [0, 0.1) is 11.8 Å². The third-order valence-electron chi connectivity index (χ3n) is 4.08. The van der Waals surface area contributed by atoms with Crippen LogP contribution in [0.3, 0.4) is 0 Å². The Morgan fingerprint density at radius 3 is 2.76 bits per heavy atom. The van der Waals surface area contributed by atoms with Gasteiger partial charge < -0.3 is 15.7 Å². The molecule has 1 aliphatic heterocycles. The van der Waals surface area contributed by atoms with Crippen molar-refractivity contribution in [3.8, 4) is 0 Å². The molecule has 2 unspecified atom stereocenters. The molecular formula is C13H24N2O2. The Balaban J connectivity index is 1.71. The SMILES string of the molecule is O=C(NCC1CCCCC1O)[C@@H]1CCCNC1. The summed E-state index contributed by atoms with van der Waals surface area (Å²) in [5.74, 6) is 0.559. The van der Waals surface area contributed by atoms with Crippen molar-refractivity contribution >= 4 is 5.91 Å². The molecule has 2 fully saturated rings. The molecule has 3 N–H and O–H groups in total. The van der Waals surface area contributed by atoms with Gasteiger partial charge in [-0.3, -0.25) is 4.79 Å². The molecule has 2 rings (SSSR count). The number of carbonyl (C=O) groups is 1. The third-order valence-corrected chi connectivity index (χ3v) is 4.08. The standard InChI is InChI=1S/C13H24N2O2/c16-12-6-2-1-4-10(12)9-15-13(17)11-5-3-7-14-8-11/h10-12,14,16H,1-9H2,(H,15,17)/t10?,11-,12?/m1/s1. The predicted molar refractivity (Wildman–Crippen MR) is 66.6 cm³/mol. The van der Waals surface area contributed by atoms with Crippen LogP contribution in [0.4, 0.5) is 0 Å². The number of piperidine rings is 1. The number of carbonyl (C=O) groups excluding carboxylic acids is 1. The van der Waals surface area contributed by atoms with Crippen LogP contribution in [0.2, 0.25) is 0 Å². The highest BCUT2D eigenvalue weighted by Crippen LogP contribution is 2.23. The van der Waals surface area contributed by atoms with Gasteiger partial charge >= 0.3 is 0 Å². The fourth-order valence-corrected chi connectivity index (χ4v) is 2.88. The Morgan fingerprint density at radius 1 is 1.24 bits per heavy atom. The molecule has 0 bridgehead atoms. The van der Waals surface area contributed by atoms with E-state index in [1.54, 1.807) is 0 Å². The minimum Gasteiger partial charge on any atom is -0.393 e. The van der Waals surface area contributed by atoms with Crippen molar-refractivity contribution in [2.45, 2.75) is 44.6 Å². The Hall–Kier alpha value is -0.610. The average Bonchev–Trinajstić information content (AvgIpc) is 2.38. The summed E-state index contributed by atoms with van der Waals surface area (Å²) in [6.07, 6.45) is 6.11. The normalized spacial score (nSPS) is 34.3. The average molecular weight is 240 g/mol. The summed E-state index contributed by atoms with van der Waals surface area (Å²) in [5.41, 5.74) is 0. The molecule has 0 aromatic rings. The van der Waals surface area contributed by atoms with Gasteiger partial charge in [0.1, 0.15) is 0 Å². The number of nitrogens with one attached hydrogen (secondary N) is 2. The number of rotatable bonds is 3. The zero-order valence-electron chi connectivity index (χ0n) is 10.5. The van der Waals surface area contributed by atoms with E-state index in [1.165, 1.54) is 6.42 Å². The van der Waals surface area contributed by atoms with Crippen LogP contribution in [-0.4, -0.2) is 36.8 Å². The van der Waals surface area contributed by atoms with Crippen LogP contribution in [0.15, 0.2) is 0 Å². The highest BCUT2D eigenvalue weighted by atomic mass is 16.3. The monoisotopic (exact) mass is 240 g/mol. The highest BCUT2D eigenvalue weighted by Gasteiger charge is 2.25. The molecule has 1 saturated heterocycles. The quantitative estimate of drug-likeness (QED) is 0.679. The van der Waals surface area contributed by atoms with Gasteiger partial charge in [-0.1, -0.05) is 12.8 Å². The van der Waals surface area contributed by atoms with Crippen molar-refractivity contribution in [2.24, 2.45) is 11.8 Å². The van der Waals surface area contributed by atoms with Crippen molar-refractivity contribution in [1.29, 1.82) is 0 Å². The molecule has 2 aliphatic rings. The topological polar surface area (TPSA) is 61.4 Å². The van der Waals surface area contributed by atoms with Crippen LogP contribution in [0.5, 0.6) is 0 Å². The summed E-state index contributed by atoms with van der Waals surface area (Å²) in [4.78, 5) is 11.9. The molecule has 0 radical (unpaired) electrons. The van der Waals surface area contributed by atoms with Crippen molar-refractivity contribution in [3.63, 3.8) is 0 Å². The van der Waals surface area contributed by atoms with E-state index in [9.17, 15) is 9.90 Å². The minimum absolute atomic E-state index is 0.129. The molecule has 98 valence electrons. The van der Waals surface area contributed by atoms with E-state index in [0.717, 1.165) is 45.2 Å². The van der Waals surface area contributed by atoms with Gasteiger partial charge in [-0.25, -0.2) is 0 Å². The van der Waals surface area contributed by atoms with Crippen molar-refractivity contribution in [1.82, 2.24) is 10.6 Å². The van der Waals surface area contributed by atoms with E-state index >= 15 is 0 Å². The number of hydrogen-bond acceptors (Lipinski definition) is 3. The Morgan fingerprint density at radius 2 is 2.06 bits per heavy atom. The third kappa shape index (κ3) is 3.68. The van der Waals surface area contributed by atoms with E-state index in [1.807, 2.05) is 0 Å². The predicted octanol–water partition coefficient (Wildman–Crippen LogP) is 0.653. The first kappa shape index (κ1) is 12.8. The van der Waals surface area contributed by atoms with E-state index in [4.69, 9.17) is 0 Å². The van der Waals surface area contributed by atoms with E-state index in [-0.39, 0.29) is 23.8 Å². The largest absolute Gasteiger partial charge is 0.393 e. The van der Waals surface area contributed by atoms with Gasteiger partial charge in [-0.15, -0.1) is 0 Å². The van der Waals surface area contributed by atoms with Crippen molar-refractivity contribution in [2.75, 3.05) is 19.6 Å². The lowest BCUT2D eigenvalue weighted by atomic mass is 9.86. The molecular weight excluding hydrogens is 216 g/mol. The van der Waals surface area contributed by atoms with Crippen LogP contribution in [-0.2, 0) is 4.79 Å². The maximum absolute atomic E-state index is 11.9. The molecule has 1 amide bonds. The molecule has 4 heteroatoms. The lowest BCUT2D eigenvalue weighted by Gasteiger charge is -2.29. The number of aliphatic hydroxyl groups excluding tert-OH is 1. The summed E-state index contributed by atoms with van der Waals surface area (Å²) in [6.45, 7) is 2.49. The smallest absolute Gasteiger partial charge is 0.224 e. The maximum atomic E-state index is 11.9. The molecule has 0 aromatic heterocycles. The molecule has 0 aromatic carbocycles. The van der Waals surface area contributed by atoms with Crippen molar-refractivity contribution < 1.29 is 9.90 Å². The molecule has 1 aliphatic carbocycles. The summed E-state index contributed by atoms with van der Waals surface area (Å²) >= 11 is 0. The van der Waals surface area contributed by atoms with E-state index in [0.29, 0.717) is 6.54 Å². The Kier molecular flexibility index (Phi) is 4.80. The van der Waals surface area contributed by atoms with Gasteiger partial charge in [0, 0.05) is 19.0 Å². The van der Waals surface area contributed by atoms with Crippen LogP contribution < -0.4 is 10.6 Å². The second-order valence-electron chi connectivity index (χ2n) is 5.40. The number of aliphatic hydroxyl groups is 1. The zero-order chi connectivity index (χ0) is 12.1. The van der Waals surface area contributed by atoms with Gasteiger partial charge in [0.15, 0.2) is 0 Å². The molecule has 1 saturated carbocycles. The first-order valence-corrected chi connectivity index (χ1v) is 6.94. The number of amides is 1. The fraction of sp³-hybridized carbons (Fsp3) is 0.923. The molecule has 4 nitrogen and oxygen atoms in total. The lowest BCUT2D eigenvalue weighted by molar-refractivity contribution is -0.125. The second-order valence-corrected chi connectivity index (χ2v) is 5.40. The summed E-state index contributed by atoms with van der Waals surface area (Å²) in [5, 5.41) is 16.1. The van der Waals surface area contributed by atoms with Crippen LogP contribution in [0.1, 0.15) is 38.5 Å². The van der Waals surface area contributed by atoms with E-state index < -0.39 is 0 Å². The fourth-order valence-electron chi connectivity index (χ4n) is 2.88. The van der Waals surface area contributed by atoms with Crippen LogP contribution in [0.25, 0.3) is 0 Å². The van der Waals surface area contributed by atoms with Gasteiger partial charge in [0.05, 0.1) is 12.0 Å². The minimum atomic E-state index is -0.214. The van der Waals surface area contributed by atoms with E-state index in [2.05, 4.69) is 10.6 Å². The first-order valence-electron chi connectivity index (χ1n) is 6.94. The highest BCUT2D eigenvalue weighted by molar-refractivity contribution is 5.78. The summed E-state index contributed by atoms with van der Waals surface area (Å²) in [7, 11) is 0. The van der Waals surface area contributed by atoms with Gasteiger partial charge in [0.2, 0.25) is 5.91 Å². The van der Waals surface area contributed by atoms with Gasteiger partial charge in [-0.05, 0) is 32.2 Å². The Labute approximate surface area is 103 Å². The molecule has 3 atom stereocenters. The molecule has 17 heavy (non-hydrogen) atoms. The zero-order valence-corrected chi connectivity index (χ0v) is 10.5. The lowest BCUT2D eigenvalue weighted by Crippen LogP contribution is -2.43. The van der Waals surface area contributed by atoms with Crippen LogP contribution >= 0.6 is 0 Å². The van der Waals surface area contributed by atoms with Crippen molar-refractivity contribution in [3.05, 3.63) is 0 Å². The molecule has 0 spiro atoms. The van der Waals surface area contributed by atoms with Gasteiger partial charge in [-0.2, -0.15) is 0 Å². The number of hydrogen-bond donors (Lipinski definition) is 3. The maximum Gasteiger partial charge on any atom is 0.224 e. The van der Waals surface area contributed by atoms with Gasteiger partial charge in [0.25, 0.3) is 0 Å².